The van der Waals surface area contributed by atoms with Gasteiger partial charge in [-0.15, -0.1) is 0 Å². The Kier molecular flexibility index (Phi) is 2.31. The van der Waals surface area contributed by atoms with Crippen molar-refractivity contribution in [1.29, 1.82) is 0 Å². The van der Waals surface area contributed by atoms with E-state index < -0.39 is 6.56 Å². The molecular formula is C13H12O2. The predicted molar refractivity (Wildman–Crippen MR) is 58.9 cm³/mol. The summed E-state index contributed by atoms with van der Waals surface area (Å²) in [5.74, 6) is 1.16. The maximum atomic E-state index is 9.26. The Hall–Kier alpha value is -1.80. The maximum Gasteiger partial charge on any atom is 0.127 e. The number of rotatable bonds is 3. The van der Waals surface area contributed by atoms with Crippen molar-refractivity contribution in [2.24, 2.45) is 0 Å². The summed E-state index contributed by atoms with van der Waals surface area (Å²) in [5, 5.41) is 9.26. The summed E-state index contributed by atoms with van der Waals surface area (Å²) in [4.78, 5) is 0. The molecule has 2 rings (SSSR count). The van der Waals surface area contributed by atoms with Crippen LogP contribution >= 0.6 is 0 Å². The van der Waals surface area contributed by atoms with Crippen LogP contribution in [0.5, 0.6) is 11.5 Å². The molecule has 0 aliphatic rings. The number of benzene rings is 2. The smallest absolute Gasteiger partial charge is 0.127 e. The molecule has 76 valence electrons. The molecule has 2 heteroatoms. The van der Waals surface area contributed by atoms with Gasteiger partial charge < -0.3 is 9.84 Å². The van der Waals surface area contributed by atoms with Crippen LogP contribution in [0.15, 0.2) is 54.6 Å². The Balaban J connectivity index is 2.23. The molecule has 0 radical (unpaired) electrons. The van der Waals surface area contributed by atoms with Crippen LogP contribution in [0, 0.1) is 0 Å². The zero-order valence-electron chi connectivity index (χ0n) is 10.1. The highest BCUT2D eigenvalue weighted by Gasteiger charge is 1.97. The quantitative estimate of drug-likeness (QED) is 0.829. The van der Waals surface area contributed by atoms with Crippen LogP contribution in [0.3, 0.4) is 0 Å². The molecule has 0 saturated heterocycles. The summed E-state index contributed by atoms with van der Waals surface area (Å²) >= 11 is 0. The Morgan fingerprint density at radius 3 is 2.47 bits per heavy atom. The molecule has 0 aliphatic heterocycles. The molecule has 2 aromatic rings. The van der Waals surface area contributed by atoms with Gasteiger partial charge in [-0.25, -0.2) is 0 Å². The minimum Gasteiger partial charge on any atom is -0.457 e. The van der Waals surface area contributed by atoms with Gasteiger partial charge in [0.15, 0.2) is 0 Å². The molecular weight excluding hydrogens is 188 g/mol. The summed E-state index contributed by atoms with van der Waals surface area (Å²) < 4.78 is 20.0. The first-order chi connectivity index (χ1) is 8.05. The molecule has 0 fully saturated rings. The molecule has 0 heterocycles. The first-order valence-electron chi connectivity index (χ1n) is 5.61. The van der Waals surface area contributed by atoms with Crippen molar-refractivity contribution >= 4 is 0 Å². The Morgan fingerprint density at radius 1 is 1.00 bits per heavy atom. The number of para-hydroxylation sites is 1. The van der Waals surface area contributed by atoms with Crippen molar-refractivity contribution in [3.8, 4) is 11.5 Å². The van der Waals surface area contributed by atoms with E-state index in [0.29, 0.717) is 11.5 Å². The summed E-state index contributed by atoms with van der Waals surface area (Å²) in [6.07, 6.45) is 0. The highest BCUT2D eigenvalue weighted by Crippen LogP contribution is 2.21. The van der Waals surface area contributed by atoms with Gasteiger partial charge in [0.1, 0.15) is 11.5 Å². The van der Waals surface area contributed by atoms with E-state index in [2.05, 4.69) is 0 Å². The molecule has 0 aromatic heterocycles. The highest BCUT2D eigenvalue weighted by molar-refractivity contribution is 5.33. The van der Waals surface area contributed by atoms with Crippen molar-refractivity contribution in [1.82, 2.24) is 0 Å². The van der Waals surface area contributed by atoms with Crippen molar-refractivity contribution in [3.63, 3.8) is 0 Å². The van der Waals surface area contributed by atoms with E-state index in [-0.39, 0.29) is 5.56 Å². The molecule has 0 atom stereocenters. The molecule has 2 nitrogen and oxygen atoms in total. The van der Waals surface area contributed by atoms with E-state index in [0.717, 1.165) is 0 Å². The maximum absolute atomic E-state index is 9.26. The fourth-order valence-corrected chi connectivity index (χ4v) is 1.25. The number of ether oxygens (including phenoxy) is 1. The monoisotopic (exact) mass is 202 g/mol. The Labute approximate surface area is 91.6 Å². The first-order valence-corrected chi connectivity index (χ1v) is 4.61. The Bertz CT molecular complexity index is 492. The highest BCUT2D eigenvalue weighted by atomic mass is 16.5. The fraction of sp³-hybridized carbons (Fsp3) is 0.0769. The molecule has 0 unspecified atom stereocenters. The van der Waals surface area contributed by atoms with Gasteiger partial charge in [-0.05, 0) is 29.8 Å². The number of aliphatic hydroxyl groups is 1. The van der Waals surface area contributed by atoms with Gasteiger partial charge in [-0.2, -0.15) is 0 Å². The second-order valence-electron chi connectivity index (χ2n) is 3.05. The third kappa shape index (κ3) is 2.58. The van der Waals surface area contributed by atoms with E-state index in [9.17, 15) is 5.11 Å². The van der Waals surface area contributed by atoms with E-state index in [1.165, 1.54) is 12.1 Å². The van der Waals surface area contributed by atoms with Gasteiger partial charge in [0, 0.05) is 0 Å². The Morgan fingerprint density at radius 2 is 1.73 bits per heavy atom. The van der Waals surface area contributed by atoms with Crippen molar-refractivity contribution in [3.05, 3.63) is 60.2 Å². The van der Waals surface area contributed by atoms with Crippen LogP contribution in [0.1, 0.15) is 8.30 Å². The second kappa shape index (κ2) is 4.62. The zero-order valence-corrected chi connectivity index (χ0v) is 8.05. The van der Waals surface area contributed by atoms with Crippen LogP contribution in [0.4, 0.5) is 0 Å². The van der Waals surface area contributed by atoms with Crippen molar-refractivity contribution in [2.75, 3.05) is 0 Å². The molecule has 0 amide bonds. The van der Waals surface area contributed by atoms with Crippen molar-refractivity contribution in [2.45, 2.75) is 6.56 Å². The van der Waals surface area contributed by atoms with E-state index in [1.54, 1.807) is 24.3 Å². The number of hydrogen-bond acceptors (Lipinski definition) is 2. The molecule has 1 N–H and O–H groups in total. The lowest BCUT2D eigenvalue weighted by atomic mass is 10.2. The lowest BCUT2D eigenvalue weighted by Crippen LogP contribution is -1.86. The van der Waals surface area contributed by atoms with Crippen LogP contribution in [-0.2, 0) is 6.56 Å². The first kappa shape index (κ1) is 7.49. The molecule has 15 heavy (non-hydrogen) atoms. The van der Waals surface area contributed by atoms with Gasteiger partial charge in [-0.1, -0.05) is 30.3 Å². The molecule has 0 bridgehead atoms. The van der Waals surface area contributed by atoms with E-state index >= 15 is 0 Å². The molecule has 0 aliphatic carbocycles. The average Bonchev–Trinajstić information content (AvgIpc) is 2.29. The second-order valence-corrected chi connectivity index (χ2v) is 3.05. The summed E-state index contributed by atoms with van der Waals surface area (Å²) in [6, 6.07) is 15.5. The topological polar surface area (TPSA) is 29.5 Å². The molecule has 0 spiro atoms. The average molecular weight is 202 g/mol. The standard InChI is InChI=1S/C13H12O2/c14-10-11-5-4-8-13(9-11)15-12-6-2-1-3-7-12/h1-9,14H,10H2/i10D2. The van der Waals surface area contributed by atoms with Gasteiger partial charge in [0.2, 0.25) is 0 Å². The van der Waals surface area contributed by atoms with Crippen LogP contribution in [0.2, 0.25) is 0 Å². The number of hydrogen-bond donors (Lipinski definition) is 1. The van der Waals surface area contributed by atoms with Gasteiger partial charge in [-0.3, -0.25) is 0 Å². The van der Waals surface area contributed by atoms with Crippen LogP contribution in [0.25, 0.3) is 0 Å². The van der Waals surface area contributed by atoms with Gasteiger partial charge in [0.25, 0.3) is 0 Å². The summed E-state index contributed by atoms with van der Waals surface area (Å²) in [5.41, 5.74) is 0.172. The lowest BCUT2D eigenvalue weighted by Gasteiger charge is -2.06. The molecule has 2 aromatic carbocycles. The SMILES string of the molecule is [2H]C([2H])(O)c1cccc(Oc2ccccc2)c1. The lowest BCUT2D eigenvalue weighted by molar-refractivity contribution is 0.281. The molecule has 0 saturated carbocycles. The van der Waals surface area contributed by atoms with Crippen LogP contribution in [-0.4, -0.2) is 5.11 Å². The van der Waals surface area contributed by atoms with E-state index in [1.807, 2.05) is 18.2 Å². The normalized spacial score (nSPS) is 12.9. The largest absolute Gasteiger partial charge is 0.457 e. The predicted octanol–water partition coefficient (Wildman–Crippen LogP) is 2.97. The van der Waals surface area contributed by atoms with Gasteiger partial charge >= 0.3 is 0 Å². The third-order valence-corrected chi connectivity index (χ3v) is 1.94. The fourth-order valence-electron chi connectivity index (χ4n) is 1.25. The minimum atomic E-state index is -2.35. The van der Waals surface area contributed by atoms with E-state index in [4.69, 9.17) is 7.48 Å². The summed E-state index contributed by atoms with van der Waals surface area (Å²) in [7, 11) is 0. The minimum absolute atomic E-state index is 0.172. The zero-order chi connectivity index (χ0) is 12.3. The van der Waals surface area contributed by atoms with Crippen molar-refractivity contribution < 1.29 is 12.6 Å². The summed E-state index contributed by atoms with van der Waals surface area (Å²) in [6.45, 7) is -2.35. The van der Waals surface area contributed by atoms with Crippen LogP contribution < -0.4 is 4.74 Å². The third-order valence-electron chi connectivity index (χ3n) is 1.94. The van der Waals surface area contributed by atoms with Gasteiger partial charge in [0.05, 0.1) is 9.30 Å².